The third-order valence-electron chi connectivity index (χ3n) is 4.24. The zero-order valence-electron chi connectivity index (χ0n) is 13.4. The van der Waals surface area contributed by atoms with E-state index in [1.165, 1.54) is 0 Å². The van der Waals surface area contributed by atoms with Crippen molar-refractivity contribution in [2.45, 2.75) is 25.5 Å². The van der Waals surface area contributed by atoms with Gasteiger partial charge in [0.1, 0.15) is 0 Å². The van der Waals surface area contributed by atoms with Gasteiger partial charge in [0, 0.05) is 13.5 Å². The van der Waals surface area contributed by atoms with Gasteiger partial charge in [0.15, 0.2) is 0 Å². The number of fused-ring (bicyclic) bond motifs is 3. The number of nitrogens with zero attached hydrogens (tertiary/aromatic N) is 1. The number of rotatable bonds is 4. The Morgan fingerprint density at radius 1 is 1.13 bits per heavy atom. The topological polar surface area (TPSA) is 49.8 Å². The summed E-state index contributed by atoms with van der Waals surface area (Å²) in [7, 11) is 1.76. The van der Waals surface area contributed by atoms with Crippen LogP contribution in [0.4, 0.5) is 4.79 Å². The largest absolute Gasteiger partial charge is 0.449 e. The second-order valence-electron chi connectivity index (χ2n) is 5.94. The number of aliphatic hydroxyl groups is 1. The van der Waals surface area contributed by atoms with Crippen LogP contribution in [0.1, 0.15) is 30.5 Å². The normalized spacial score (nSPS) is 14.0. The van der Waals surface area contributed by atoms with Crippen molar-refractivity contribution in [2.24, 2.45) is 0 Å². The van der Waals surface area contributed by atoms with Crippen LogP contribution in [0.25, 0.3) is 11.1 Å². The van der Waals surface area contributed by atoms with Crippen LogP contribution in [0.5, 0.6) is 0 Å². The van der Waals surface area contributed by atoms with E-state index < -0.39 is 6.10 Å². The summed E-state index contributed by atoms with van der Waals surface area (Å²) in [6.07, 6.45) is -0.402. The first-order valence-electron chi connectivity index (χ1n) is 7.85. The van der Waals surface area contributed by atoms with Crippen molar-refractivity contribution in [1.29, 1.82) is 0 Å². The quantitative estimate of drug-likeness (QED) is 0.938. The number of hydrogen-bond donors (Lipinski definition) is 1. The Labute approximate surface area is 136 Å². The Morgan fingerprint density at radius 2 is 1.65 bits per heavy atom. The molecule has 1 aliphatic rings. The van der Waals surface area contributed by atoms with Crippen molar-refractivity contribution < 1.29 is 14.6 Å². The first-order valence-corrected chi connectivity index (χ1v) is 7.85. The Morgan fingerprint density at radius 3 is 2.17 bits per heavy atom. The molecule has 0 bridgehead atoms. The molecule has 0 heterocycles. The third kappa shape index (κ3) is 2.94. The van der Waals surface area contributed by atoms with Gasteiger partial charge in [-0.2, -0.15) is 0 Å². The van der Waals surface area contributed by atoms with E-state index >= 15 is 0 Å². The second-order valence-corrected chi connectivity index (χ2v) is 5.94. The van der Waals surface area contributed by atoms with E-state index in [-0.39, 0.29) is 18.7 Å². The van der Waals surface area contributed by atoms with Crippen LogP contribution < -0.4 is 0 Å². The van der Waals surface area contributed by atoms with Gasteiger partial charge in [0.2, 0.25) is 0 Å². The van der Waals surface area contributed by atoms with Gasteiger partial charge in [0.05, 0.1) is 18.8 Å². The van der Waals surface area contributed by atoms with Crippen molar-refractivity contribution in [3.05, 3.63) is 59.7 Å². The molecule has 0 aliphatic heterocycles. The highest BCUT2D eigenvalue weighted by atomic mass is 16.6. The maximum atomic E-state index is 12.4. The molecule has 1 amide bonds. The summed E-state index contributed by atoms with van der Waals surface area (Å²) >= 11 is 0. The van der Waals surface area contributed by atoms with Crippen molar-refractivity contribution >= 4 is 6.09 Å². The summed E-state index contributed by atoms with van der Waals surface area (Å²) in [4.78, 5) is 14.0. The number of ether oxygens (including phenoxy) is 1. The summed E-state index contributed by atoms with van der Waals surface area (Å²) < 4.78 is 5.28. The predicted molar refractivity (Wildman–Crippen MR) is 89.1 cm³/mol. The summed E-state index contributed by atoms with van der Waals surface area (Å²) in [6.45, 7) is 1.90. The number of hydrogen-bond acceptors (Lipinski definition) is 3. The molecule has 0 saturated carbocycles. The fourth-order valence-electron chi connectivity index (χ4n) is 3.07. The van der Waals surface area contributed by atoms with Crippen LogP contribution >= 0.6 is 0 Å². The molecule has 2 aromatic rings. The maximum Gasteiger partial charge on any atom is 0.410 e. The van der Waals surface area contributed by atoms with Gasteiger partial charge in [-0.3, -0.25) is 0 Å². The molecule has 120 valence electrons. The SMILES string of the molecule is CC(O)CCOC(=O)N(C)C1c2ccccc2-c2ccccc21. The molecule has 1 N–H and O–H groups in total. The van der Waals surface area contributed by atoms with Crippen LogP contribution in [0.2, 0.25) is 0 Å². The van der Waals surface area contributed by atoms with Crippen LogP contribution in [0.3, 0.4) is 0 Å². The van der Waals surface area contributed by atoms with Gasteiger partial charge >= 0.3 is 6.09 Å². The van der Waals surface area contributed by atoms with E-state index in [4.69, 9.17) is 4.74 Å². The highest BCUT2D eigenvalue weighted by Crippen LogP contribution is 2.45. The molecule has 1 atom stereocenters. The van der Waals surface area contributed by atoms with Crippen LogP contribution in [0.15, 0.2) is 48.5 Å². The molecule has 4 heteroatoms. The van der Waals surface area contributed by atoms with Crippen molar-refractivity contribution in [2.75, 3.05) is 13.7 Å². The van der Waals surface area contributed by atoms with Crippen molar-refractivity contribution in [3.63, 3.8) is 0 Å². The summed E-state index contributed by atoms with van der Waals surface area (Å²) in [5.74, 6) is 0. The molecular formula is C19H21NO3. The smallest absolute Gasteiger partial charge is 0.410 e. The first-order chi connectivity index (χ1) is 11.1. The van der Waals surface area contributed by atoms with E-state index in [1.807, 2.05) is 24.3 Å². The average molecular weight is 311 g/mol. The third-order valence-corrected chi connectivity index (χ3v) is 4.24. The lowest BCUT2D eigenvalue weighted by atomic mass is 10.0. The Balaban J connectivity index is 1.86. The van der Waals surface area contributed by atoms with E-state index in [1.54, 1.807) is 18.9 Å². The van der Waals surface area contributed by atoms with Crippen molar-refractivity contribution in [3.8, 4) is 11.1 Å². The fraction of sp³-hybridized carbons (Fsp3) is 0.316. The second kappa shape index (κ2) is 6.42. The summed E-state index contributed by atoms with van der Waals surface area (Å²) in [5.41, 5.74) is 4.56. The Hall–Kier alpha value is -2.33. The molecule has 2 aromatic carbocycles. The number of benzene rings is 2. The number of aliphatic hydroxyl groups excluding tert-OH is 1. The minimum Gasteiger partial charge on any atom is -0.449 e. The number of amides is 1. The lowest BCUT2D eigenvalue weighted by Gasteiger charge is -2.26. The molecule has 1 unspecified atom stereocenters. The molecule has 23 heavy (non-hydrogen) atoms. The van der Waals surface area contributed by atoms with Gasteiger partial charge in [-0.25, -0.2) is 4.79 Å². The van der Waals surface area contributed by atoms with Gasteiger partial charge < -0.3 is 14.7 Å². The summed E-state index contributed by atoms with van der Waals surface area (Å²) in [6, 6.07) is 16.1. The number of carbonyl (C=O) groups is 1. The van der Waals surface area contributed by atoms with E-state index in [0.717, 1.165) is 22.3 Å². The average Bonchev–Trinajstić information content (AvgIpc) is 2.88. The zero-order valence-corrected chi connectivity index (χ0v) is 13.4. The Kier molecular flexibility index (Phi) is 4.35. The molecule has 4 nitrogen and oxygen atoms in total. The molecule has 0 aromatic heterocycles. The lowest BCUT2D eigenvalue weighted by molar-refractivity contribution is 0.0840. The molecule has 0 radical (unpaired) electrons. The molecule has 0 spiro atoms. The van der Waals surface area contributed by atoms with Gasteiger partial charge in [-0.15, -0.1) is 0 Å². The first kappa shape index (κ1) is 15.6. The molecule has 1 aliphatic carbocycles. The van der Waals surface area contributed by atoms with Crippen LogP contribution in [0, 0.1) is 0 Å². The highest BCUT2D eigenvalue weighted by molar-refractivity contribution is 5.81. The molecular weight excluding hydrogens is 290 g/mol. The van der Waals surface area contributed by atoms with Crippen LogP contribution in [-0.4, -0.2) is 35.9 Å². The monoisotopic (exact) mass is 311 g/mol. The molecule has 0 saturated heterocycles. The van der Waals surface area contributed by atoms with E-state index in [9.17, 15) is 9.90 Å². The van der Waals surface area contributed by atoms with Gasteiger partial charge in [-0.1, -0.05) is 48.5 Å². The maximum absolute atomic E-state index is 12.4. The minimum atomic E-state index is -0.471. The Bertz CT molecular complexity index is 666. The van der Waals surface area contributed by atoms with Gasteiger partial charge in [-0.05, 0) is 29.2 Å². The molecule has 3 rings (SSSR count). The molecule has 0 fully saturated rings. The van der Waals surface area contributed by atoms with Crippen molar-refractivity contribution in [1.82, 2.24) is 4.90 Å². The van der Waals surface area contributed by atoms with E-state index in [2.05, 4.69) is 24.3 Å². The minimum absolute atomic E-state index is 0.138. The van der Waals surface area contributed by atoms with Crippen LogP contribution in [-0.2, 0) is 4.74 Å². The fourth-order valence-corrected chi connectivity index (χ4v) is 3.07. The van der Waals surface area contributed by atoms with Gasteiger partial charge in [0.25, 0.3) is 0 Å². The number of carbonyl (C=O) groups excluding carboxylic acids is 1. The van der Waals surface area contributed by atoms with E-state index in [0.29, 0.717) is 6.42 Å². The standard InChI is InChI=1S/C19H21NO3/c1-13(21)11-12-23-19(22)20(2)18-16-9-5-3-7-14(16)15-8-4-6-10-17(15)18/h3-10,13,18,21H,11-12H2,1-2H3. The predicted octanol–water partition coefficient (Wildman–Crippen LogP) is 3.60. The summed E-state index contributed by atoms with van der Waals surface area (Å²) in [5, 5.41) is 9.27. The lowest BCUT2D eigenvalue weighted by Crippen LogP contribution is -2.32. The zero-order chi connectivity index (χ0) is 16.4. The highest BCUT2D eigenvalue weighted by Gasteiger charge is 2.33.